The zero-order chi connectivity index (χ0) is 16.9. The van der Waals surface area contributed by atoms with Gasteiger partial charge in [-0.1, -0.05) is 30.3 Å². The number of benzene rings is 2. The Bertz CT molecular complexity index is 813. The Morgan fingerprint density at radius 2 is 1.83 bits per heavy atom. The molecule has 24 heavy (non-hydrogen) atoms. The fourth-order valence-electron chi connectivity index (χ4n) is 2.76. The molecule has 2 aromatic rings. The Balaban J connectivity index is 1.72. The number of hydrogen-bond donors (Lipinski definition) is 1. The largest absolute Gasteiger partial charge is 0.360 e. The number of hydrogen-bond acceptors (Lipinski definition) is 4. The maximum absolute atomic E-state index is 12.4. The average Bonchev–Trinajstić information content (AvgIpc) is 2.62. The van der Waals surface area contributed by atoms with Crippen LogP contribution in [-0.4, -0.2) is 48.9 Å². The molecule has 0 unspecified atom stereocenters. The van der Waals surface area contributed by atoms with Crippen molar-refractivity contribution in [1.29, 1.82) is 5.26 Å². The molecule has 0 aromatic heterocycles. The van der Waals surface area contributed by atoms with Crippen LogP contribution < -0.4 is 5.32 Å². The van der Waals surface area contributed by atoms with E-state index in [-0.39, 0.29) is 11.5 Å². The van der Waals surface area contributed by atoms with Crippen molar-refractivity contribution < 1.29 is 4.79 Å². The molecule has 1 amide bonds. The van der Waals surface area contributed by atoms with Gasteiger partial charge in [-0.2, -0.15) is 5.26 Å². The summed E-state index contributed by atoms with van der Waals surface area (Å²) in [6.45, 7) is 2.99. The molecule has 0 saturated carbocycles. The van der Waals surface area contributed by atoms with E-state index < -0.39 is 0 Å². The Morgan fingerprint density at radius 3 is 2.54 bits per heavy atom. The van der Waals surface area contributed by atoms with Crippen molar-refractivity contribution in [2.75, 3.05) is 38.5 Å². The molecule has 2 aromatic carbocycles. The first-order valence-electron chi connectivity index (χ1n) is 8.01. The van der Waals surface area contributed by atoms with Crippen molar-refractivity contribution >= 4 is 22.4 Å². The van der Waals surface area contributed by atoms with Crippen LogP contribution in [0.3, 0.4) is 0 Å². The van der Waals surface area contributed by atoms with Crippen LogP contribution in [0.4, 0.5) is 5.69 Å². The van der Waals surface area contributed by atoms with E-state index in [0.717, 1.165) is 29.5 Å². The molecule has 0 spiro atoms. The van der Waals surface area contributed by atoms with Gasteiger partial charge in [0.15, 0.2) is 0 Å². The number of likely N-dealkylation sites (N-methyl/N-ethyl adjacent to an activating group) is 1. The summed E-state index contributed by atoms with van der Waals surface area (Å²) in [5.74, 6) is -0.209. The number of fused-ring (bicyclic) bond motifs is 1. The monoisotopic (exact) mass is 320 g/mol. The van der Waals surface area contributed by atoms with E-state index in [1.807, 2.05) is 55.6 Å². The number of carbonyl (C=O) groups is 1. The Hall–Kier alpha value is -2.84. The summed E-state index contributed by atoms with van der Waals surface area (Å²) in [4.78, 5) is 16.4. The highest BCUT2D eigenvalue weighted by Crippen LogP contribution is 2.19. The molecular formula is C19H20N4O. The van der Waals surface area contributed by atoms with Gasteiger partial charge in [0.1, 0.15) is 11.6 Å². The van der Waals surface area contributed by atoms with Crippen molar-refractivity contribution in [3.05, 3.63) is 54.2 Å². The molecule has 0 bridgehead atoms. The molecule has 5 nitrogen and oxygen atoms in total. The summed E-state index contributed by atoms with van der Waals surface area (Å²) in [6.07, 6.45) is 1.50. The third-order valence-corrected chi connectivity index (χ3v) is 4.27. The highest BCUT2D eigenvalue weighted by Gasteiger charge is 2.22. The molecule has 1 aliphatic rings. The number of rotatable bonds is 3. The molecule has 1 saturated heterocycles. The average molecular weight is 320 g/mol. The number of nitrogens with one attached hydrogen (secondary N) is 1. The van der Waals surface area contributed by atoms with E-state index in [2.05, 4.69) is 10.2 Å². The molecule has 1 N–H and O–H groups in total. The van der Waals surface area contributed by atoms with Gasteiger partial charge in [-0.15, -0.1) is 0 Å². The molecule has 1 heterocycles. The first-order chi connectivity index (χ1) is 11.7. The molecule has 1 aliphatic heterocycles. The predicted octanol–water partition coefficient (Wildman–Crippen LogP) is 2.43. The van der Waals surface area contributed by atoms with E-state index in [0.29, 0.717) is 13.1 Å². The van der Waals surface area contributed by atoms with Crippen molar-refractivity contribution in [1.82, 2.24) is 9.80 Å². The Morgan fingerprint density at radius 1 is 1.12 bits per heavy atom. The van der Waals surface area contributed by atoms with Crippen LogP contribution in [0.25, 0.3) is 10.8 Å². The highest BCUT2D eigenvalue weighted by atomic mass is 16.2. The van der Waals surface area contributed by atoms with Gasteiger partial charge in [-0.05, 0) is 30.0 Å². The molecule has 1 fully saturated rings. The first kappa shape index (κ1) is 16.0. The van der Waals surface area contributed by atoms with E-state index in [1.165, 1.54) is 6.20 Å². The first-order valence-corrected chi connectivity index (χ1v) is 8.01. The fraction of sp³-hybridized carbons (Fsp3) is 0.263. The second kappa shape index (κ2) is 7.16. The molecule has 0 radical (unpaired) electrons. The lowest BCUT2D eigenvalue weighted by atomic mass is 10.1. The van der Waals surface area contributed by atoms with Gasteiger partial charge in [0.25, 0.3) is 5.91 Å². The lowest BCUT2D eigenvalue weighted by Crippen LogP contribution is -2.47. The summed E-state index contributed by atoms with van der Waals surface area (Å²) in [5, 5.41) is 14.7. The van der Waals surface area contributed by atoms with Crippen LogP contribution in [0.5, 0.6) is 0 Å². The van der Waals surface area contributed by atoms with Crippen LogP contribution in [-0.2, 0) is 4.79 Å². The van der Waals surface area contributed by atoms with Gasteiger partial charge in [0.2, 0.25) is 0 Å². The van der Waals surface area contributed by atoms with Gasteiger partial charge >= 0.3 is 0 Å². The zero-order valence-corrected chi connectivity index (χ0v) is 13.7. The molecule has 0 aliphatic carbocycles. The van der Waals surface area contributed by atoms with Crippen molar-refractivity contribution in [3.8, 4) is 6.07 Å². The minimum absolute atomic E-state index is 0.132. The van der Waals surface area contributed by atoms with Crippen LogP contribution >= 0.6 is 0 Å². The lowest BCUT2D eigenvalue weighted by Gasteiger charge is -2.32. The van der Waals surface area contributed by atoms with E-state index in [4.69, 9.17) is 0 Å². The van der Waals surface area contributed by atoms with Crippen LogP contribution in [0.1, 0.15) is 0 Å². The predicted molar refractivity (Wildman–Crippen MR) is 95.3 cm³/mol. The number of nitrogens with zero attached hydrogens (tertiary/aromatic N) is 3. The van der Waals surface area contributed by atoms with Gasteiger partial charge in [-0.25, -0.2) is 0 Å². The van der Waals surface area contributed by atoms with E-state index in [9.17, 15) is 10.1 Å². The van der Waals surface area contributed by atoms with Gasteiger partial charge in [0, 0.05) is 38.1 Å². The van der Waals surface area contributed by atoms with Crippen LogP contribution in [0.2, 0.25) is 0 Å². The second-order valence-electron chi connectivity index (χ2n) is 5.97. The maximum atomic E-state index is 12.4. The highest BCUT2D eigenvalue weighted by molar-refractivity contribution is 5.97. The van der Waals surface area contributed by atoms with Crippen molar-refractivity contribution in [3.63, 3.8) is 0 Å². The van der Waals surface area contributed by atoms with Crippen molar-refractivity contribution in [2.45, 2.75) is 0 Å². The summed E-state index contributed by atoms with van der Waals surface area (Å²) in [5.41, 5.74) is 0.986. The molecule has 0 atom stereocenters. The van der Waals surface area contributed by atoms with E-state index in [1.54, 1.807) is 4.90 Å². The standard InChI is InChI=1S/C19H20N4O/c1-22-8-10-23(11-9-22)19(24)17(13-20)14-21-18-7-6-15-4-2-3-5-16(15)12-18/h2-7,12,14,21H,8-11H2,1H3/b17-14-. The Labute approximate surface area is 141 Å². The SMILES string of the molecule is CN1CCN(C(=O)/C(C#N)=C\Nc2ccc3ccccc3c2)CC1. The topological polar surface area (TPSA) is 59.4 Å². The molecule has 122 valence electrons. The molecular weight excluding hydrogens is 300 g/mol. The maximum Gasteiger partial charge on any atom is 0.266 e. The smallest absolute Gasteiger partial charge is 0.266 e. The number of carbonyl (C=O) groups excluding carboxylic acids is 1. The molecule has 5 heteroatoms. The van der Waals surface area contributed by atoms with Gasteiger partial charge in [0.05, 0.1) is 0 Å². The zero-order valence-electron chi connectivity index (χ0n) is 13.7. The van der Waals surface area contributed by atoms with Crippen LogP contribution in [0, 0.1) is 11.3 Å². The quantitative estimate of drug-likeness (QED) is 0.697. The number of nitriles is 1. The summed E-state index contributed by atoms with van der Waals surface area (Å²) >= 11 is 0. The summed E-state index contributed by atoms with van der Waals surface area (Å²) in [7, 11) is 2.03. The third kappa shape index (κ3) is 3.55. The number of anilines is 1. The van der Waals surface area contributed by atoms with Gasteiger partial charge < -0.3 is 15.1 Å². The minimum Gasteiger partial charge on any atom is -0.360 e. The van der Waals surface area contributed by atoms with Crippen molar-refractivity contribution in [2.24, 2.45) is 0 Å². The van der Waals surface area contributed by atoms with E-state index >= 15 is 0 Å². The number of piperazine rings is 1. The Kier molecular flexibility index (Phi) is 4.78. The van der Waals surface area contributed by atoms with Crippen LogP contribution in [0.15, 0.2) is 54.2 Å². The second-order valence-corrected chi connectivity index (χ2v) is 5.97. The normalized spacial score (nSPS) is 16.0. The summed E-state index contributed by atoms with van der Waals surface area (Å²) < 4.78 is 0. The summed E-state index contributed by atoms with van der Waals surface area (Å²) in [6, 6.07) is 16.0. The lowest BCUT2D eigenvalue weighted by molar-refractivity contribution is -0.128. The number of amides is 1. The fourth-order valence-corrected chi connectivity index (χ4v) is 2.76. The minimum atomic E-state index is -0.209. The van der Waals surface area contributed by atoms with Gasteiger partial charge in [-0.3, -0.25) is 4.79 Å². The third-order valence-electron chi connectivity index (χ3n) is 4.27. The molecule has 3 rings (SSSR count).